The van der Waals surface area contributed by atoms with Crippen molar-refractivity contribution in [2.24, 2.45) is 5.10 Å². The van der Waals surface area contributed by atoms with Gasteiger partial charge in [-0.05, 0) is 48.0 Å². The number of rotatable bonds is 4. The molecule has 3 rings (SSSR count). The van der Waals surface area contributed by atoms with Crippen molar-refractivity contribution in [3.63, 3.8) is 0 Å². The fourth-order valence-electron chi connectivity index (χ4n) is 2.77. The molecule has 27 heavy (non-hydrogen) atoms. The molecular weight excluding hydrogens is 440 g/mol. The van der Waals surface area contributed by atoms with Crippen molar-refractivity contribution >= 4 is 60.9 Å². The third-order valence-corrected chi connectivity index (χ3v) is 4.97. The van der Waals surface area contributed by atoms with Gasteiger partial charge >= 0.3 is 11.9 Å². The molecule has 2 heterocycles. The fourth-order valence-corrected chi connectivity index (χ4v) is 3.69. The second-order valence-corrected chi connectivity index (χ2v) is 6.82. The first kappa shape index (κ1) is 19.5. The number of carbonyl (C=O) groups excluding carboxylic acids is 2. The van der Waals surface area contributed by atoms with E-state index in [1.807, 2.05) is 0 Å². The quantitative estimate of drug-likeness (QED) is 0.517. The summed E-state index contributed by atoms with van der Waals surface area (Å²) < 4.78 is 10.4. The van der Waals surface area contributed by atoms with Crippen molar-refractivity contribution < 1.29 is 19.1 Å². The van der Waals surface area contributed by atoms with Crippen LogP contribution in [0.1, 0.15) is 19.5 Å². The van der Waals surface area contributed by atoms with Gasteiger partial charge < -0.3 is 9.47 Å². The van der Waals surface area contributed by atoms with E-state index >= 15 is 0 Å². The largest absolute Gasteiger partial charge is 0.465 e. The number of benzene rings is 1. The summed E-state index contributed by atoms with van der Waals surface area (Å²) in [6.07, 6.45) is 0. The Kier molecular flexibility index (Phi) is 5.34. The van der Waals surface area contributed by atoms with Gasteiger partial charge in [0.15, 0.2) is 5.82 Å². The zero-order chi connectivity index (χ0) is 19.8. The van der Waals surface area contributed by atoms with Crippen molar-refractivity contribution in [3.8, 4) is 0 Å². The van der Waals surface area contributed by atoms with E-state index in [9.17, 15) is 9.59 Å². The van der Waals surface area contributed by atoms with Gasteiger partial charge in [-0.3, -0.25) is 0 Å². The lowest BCUT2D eigenvalue weighted by molar-refractivity contribution is -0.160. The number of ether oxygens (including phenoxy) is 2. The van der Waals surface area contributed by atoms with Gasteiger partial charge in [0.1, 0.15) is 10.3 Å². The third kappa shape index (κ3) is 3.04. The molecule has 0 atom stereocenters. The van der Waals surface area contributed by atoms with Crippen LogP contribution in [0.3, 0.4) is 0 Å². The highest BCUT2D eigenvalue weighted by molar-refractivity contribution is 9.18. The molecular formula is C17H16BrClN4O4. The van der Waals surface area contributed by atoms with Crippen LogP contribution in [-0.2, 0) is 24.5 Å². The summed E-state index contributed by atoms with van der Waals surface area (Å²) in [7, 11) is 1.64. The van der Waals surface area contributed by atoms with Crippen LogP contribution in [0.4, 0.5) is 5.82 Å². The first-order valence-electron chi connectivity index (χ1n) is 8.16. The van der Waals surface area contributed by atoms with Gasteiger partial charge in [0.05, 0.1) is 24.2 Å². The Morgan fingerprint density at radius 2 is 1.78 bits per heavy atom. The number of anilines is 1. The minimum Gasteiger partial charge on any atom is -0.465 e. The molecule has 0 radical (unpaired) electrons. The molecule has 1 aromatic carbocycles. The zero-order valence-electron chi connectivity index (χ0n) is 14.8. The van der Waals surface area contributed by atoms with Crippen LogP contribution in [0.5, 0.6) is 0 Å². The van der Waals surface area contributed by atoms with Crippen molar-refractivity contribution in [2.45, 2.75) is 19.3 Å². The molecule has 1 aliphatic heterocycles. The summed E-state index contributed by atoms with van der Waals surface area (Å²) in [4.78, 5) is 35.0. The molecule has 0 amide bonds. The molecule has 0 saturated carbocycles. The number of hydrogen-bond donors (Lipinski definition) is 0. The van der Waals surface area contributed by atoms with Gasteiger partial charge in [0, 0.05) is 12.1 Å². The van der Waals surface area contributed by atoms with Crippen molar-refractivity contribution in [3.05, 3.63) is 28.9 Å². The number of carbonyl (C=O) groups is 2. The number of esters is 2. The molecule has 0 unspecified atom stereocenters. The Bertz CT molecular complexity index is 947. The molecule has 0 bridgehead atoms. The van der Waals surface area contributed by atoms with Crippen LogP contribution in [0.15, 0.2) is 23.3 Å². The standard InChI is InChI=1S/C17H16BrClN4O4/c1-4-26-15(24)17(16(25)27-5-2)12-13(23(3)22-14(17)18)21-10-7-6-9(19)8-11(10)20-12/h6-8H,4-5H2,1-3H3. The highest BCUT2D eigenvalue weighted by Crippen LogP contribution is 2.40. The first-order chi connectivity index (χ1) is 12.9. The third-order valence-electron chi connectivity index (χ3n) is 3.98. The zero-order valence-corrected chi connectivity index (χ0v) is 17.2. The second-order valence-electron chi connectivity index (χ2n) is 5.63. The minimum atomic E-state index is -2.00. The molecule has 8 nitrogen and oxygen atoms in total. The van der Waals surface area contributed by atoms with Gasteiger partial charge in [-0.25, -0.2) is 24.6 Å². The summed E-state index contributed by atoms with van der Waals surface area (Å²) in [6.45, 7) is 3.42. The molecule has 0 spiro atoms. The molecule has 1 aromatic heterocycles. The SMILES string of the molecule is CCOC(=O)C1(C(=O)OCC)C(Br)=NN(C)c2nc3ccc(Cl)cc3nc21. The van der Waals surface area contributed by atoms with Crippen LogP contribution in [-0.4, -0.2) is 46.8 Å². The maximum Gasteiger partial charge on any atom is 0.336 e. The van der Waals surface area contributed by atoms with Crippen LogP contribution in [0, 0.1) is 0 Å². The molecule has 142 valence electrons. The van der Waals surface area contributed by atoms with Crippen LogP contribution in [0.2, 0.25) is 5.02 Å². The van der Waals surface area contributed by atoms with E-state index in [1.54, 1.807) is 39.1 Å². The van der Waals surface area contributed by atoms with E-state index in [-0.39, 0.29) is 29.3 Å². The van der Waals surface area contributed by atoms with Gasteiger partial charge in [0.2, 0.25) is 0 Å². The van der Waals surface area contributed by atoms with E-state index in [4.69, 9.17) is 21.1 Å². The number of aromatic nitrogens is 2. The van der Waals surface area contributed by atoms with Gasteiger partial charge in [0.25, 0.3) is 5.41 Å². The van der Waals surface area contributed by atoms with Crippen molar-refractivity contribution in [2.75, 3.05) is 25.3 Å². The Morgan fingerprint density at radius 3 is 2.37 bits per heavy atom. The van der Waals surface area contributed by atoms with Crippen LogP contribution in [0.25, 0.3) is 11.0 Å². The highest BCUT2D eigenvalue weighted by Gasteiger charge is 2.60. The Morgan fingerprint density at radius 1 is 1.15 bits per heavy atom. The lowest BCUT2D eigenvalue weighted by atomic mass is 9.84. The average molecular weight is 456 g/mol. The lowest BCUT2D eigenvalue weighted by Crippen LogP contribution is -2.54. The number of fused-ring (bicyclic) bond motifs is 2. The smallest absolute Gasteiger partial charge is 0.336 e. The van der Waals surface area contributed by atoms with Crippen molar-refractivity contribution in [1.29, 1.82) is 0 Å². The second kappa shape index (κ2) is 7.40. The van der Waals surface area contributed by atoms with Crippen molar-refractivity contribution in [1.82, 2.24) is 9.97 Å². The maximum atomic E-state index is 13.0. The van der Waals surface area contributed by atoms with Gasteiger partial charge in [-0.1, -0.05) is 11.6 Å². The number of halogens is 2. The summed E-state index contributed by atoms with van der Waals surface area (Å²) in [5.41, 5.74) is -0.967. The molecule has 0 N–H and O–H groups in total. The van der Waals surface area contributed by atoms with Gasteiger partial charge in [-0.15, -0.1) is 0 Å². The molecule has 0 saturated heterocycles. The van der Waals surface area contributed by atoms with E-state index in [0.717, 1.165) is 0 Å². The normalized spacial score (nSPS) is 15.1. The average Bonchev–Trinajstić information content (AvgIpc) is 2.61. The fraction of sp³-hybridized carbons (Fsp3) is 0.353. The van der Waals surface area contributed by atoms with Gasteiger partial charge in [-0.2, -0.15) is 5.10 Å². The number of hydrogen-bond acceptors (Lipinski definition) is 8. The maximum absolute atomic E-state index is 13.0. The number of nitrogens with zero attached hydrogens (tertiary/aromatic N) is 4. The highest BCUT2D eigenvalue weighted by atomic mass is 79.9. The summed E-state index contributed by atoms with van der Waals surface area (Å²) in [5, 5.41) is 6.12. The Labute approximate surface area is 168 Å². The molecule has 10 heteroatoms. The topological polar surface area (TPSA) is 94.0 Å². The van der Waals surface area contributed by atoms with Crippen LogP contribution >= 0.6 is 27.5 Å². The Balaban J connectivity index is 2.37. The predicted molar refractivity (Wildman–Crippen MR) is 104 cm³/mol. The van der Waals surface area contributed by atoms with E-state index in [0.29, 0.717) is 16.1 Å². The predicted octanol–water partition coefficient (Wildman–Crippen LogP) is 2.81. The number of hydrazone groups is 1. The minimum absolute atomic E-state index is 0.0116. The summed E-state index contributed by atoms with van der Waals surface area (Å²) >= 11 is 9.32. The van der Waals surface area contributed by atoms with E-state index in [2.05, 4.69) is 31.0 Å². The molecule has 2 aromatic rings. The lowest BCUT2D eigenvalue weighted by Gasteiger charge is -2.34. The summed E-state index contributed by atoms with van der Waals surface area (Å²) in [5.74, 6) is -1.44. The van der Waals surface area contributed by atoms with E-state index in [1.165, 1.54) is 5.01 Å². The van der Waals surface area contributed by atoms with E-state index < -0.39 is 17.4 Å². The summed E-state index contributed by atoms with van der Waals surface area (Å²) in [6, 6.07) is 4.98. The molecule has 0 fully saturated rings. The first-order valence-corrected chi connectivity index (χ1v) is 9.33. The van der Waals surface area contributed by atoms with Crippen LogP contribution < -0.4 is 5.01 Å². The Hall–Kier alpha value is -2.26. The molecule has 1 aliphatic rings. The molecule has 0 aliphatic carbocycles. The monoisotopic (exact) mass is 454 g/mol.